The molecule has 1 aromatic heterocycles. The number of likely N-dealkylation sites (N-methyl/N-ethyl adjacent to an activating group) is 1. The van der Waals surface area contributed by atoms with Gasteiger partial charge in [0.1, 0.15) is 0 Å². The highest BCUT2D eigenvalue weighted by atomic mass is 16.5. The first-order chi connectivity index (χ1) is 11.7. The van der Waals surface area contributed by atoms with Crippen LogP contribution in [0.3, 0.4) is 0 Å². The van der Waals surface area contributed by atoms with Crippen molar-refractivity contribution in [3.63, 3.8) is 0 Å². The van der Waals surface area contributed by atoms with E-state index in [1.165, 1.54) is 0 Å². The molecule has 1 aromatic carbocycles. The second kappa shape index (κ2) is 7.18. The lowest BCUT2D eigenvalue weighted by Crippen LogP contribution is -2.47. The molecule has 1 aliphatic rings. The molecular formula is C18H21N5O. The molecule has 124 valence electrons. The first kappa shape index (κ1) is 16.1. The zero-order valence-electron chi connectivity index (χ0n) is 14.0. The summed E-state index contributed by atoms with van der Waals surface area (Å²) in [5.74, 6) is 1.26. The van der Waals surface area contributed by atoms with E-state index in [1.54, 1.807) is 19.4 Å². The number of methoxy groups -OCH3 is 1. The molecule has 1 unspecified atom stereocenters. The van der Waals surface area contributed by atoms with Crippen molar-refractivity contribution in [3.05, 3.63) is 42.1 Å². The Bertz CT molecular complexity index is 725. The molecule has 1 fully saturated rings. The lowest BCUT2D eigenvalue weighted by Gasteiger charge is -2.38. The highest BCUT2D eigenvalue weighted by Crippen LogP contribution is 2.24. The molecule has 0 spiro atoms. The second-order valence-electron chi connectivity index (χ2n) is 5.91. The van der Waals surface area contributed by atoms with Gasteiger partial charge in [0.05, 0.1) is 18.7 Å². The standard InChI is InChI=1S/C18H21N5O/c1-22(18-20-10-9-17(21-18)24-2)16-4-3-11-23(13-16)15-7-5-14(12-19)6-8-15/h5-10,16H,3-4,11,13H2,1-2H3. The lowest BCUT2D eigenvalue weighted by atomic mass is 10.0. The van der Waals surface area contributed by atoms with Crippen LogP contribution in [0.25, 0.3) is 0 Å². The van der Waals surface area contributed by atoms with Gasteiger partial charge in [0.25, 0.3) is 0 Å². The zero-order chi connectivity index (χ0) is 16.9. The van der Waals surface area contributed by atoms with Gasteiger partial charge in [-0.2, -0.15) is 10.2 Å². The Kier molecular flexibility index (Phi) is 4.80. The summed E-state index contributed by atoms with van der Waals surface area (Å²) in [6, 6.07) is 12.0. The van der Waals surface area contributed by atoms with E-state index >= 15 is 0 Å². The number of hydrogen-bond donors (Lipinski definition) is 0. The minimum atomic E-state index is 0.335. The maximum absolute atomic E-state index is 8.93. The van der Waals surface area contributed by atoms with Crippen LogP contribution >= 0.6 is 0 Å². The molecule has 0 radical (unpaired) electrons. The van der Waals surface area contributed by atoms with Crippen molar-refractivity contribution in [2.24, 2.45) is 0 Å². The fourth-order valence-corrected chi connectivity index (χ4v) is 3.03. The number of anilines is 2. The average Bonchev–Trinajstić information content (AvgIpc) is 2.67. The monoisotopic (exact) mass is 323 g/mol. The molecule has 1 aliphatic heterocycles. The van der Waals surface area contributed by atoms with Crippen LogP contribution < -0.4 is 14.5 Å². The number of aromatic nitrogens is 2. The Labute approximate surface area is 142 Å². The van der Waals surface area contributed by atoms with Crippen LogP contribution in [0.15, 0.2) is 36.5 Å². The molecule has 1 atom stereocenters. The fourth-order valence-electron chi connectivity index (χ4n) is 3.03. The van der Waals surface area contributed by atoms with Crippen molar-refractivity contribution in [1.29, 1.82) is 5.26 Å². The summed E-state index contributed by atoms with van der Waals surface area (Å²) in [4.78, 5) is 13.3. The smallest absolute Gasteiger partial charge is 0.228 e. The minimum Gasteiger partial charge on any atom is -0.481 e. The van der Waals surface area contributed by atoms with Crippen LogP contribution in [0.1, 0.15) is 18.4 Å². The third-order valence-corrected chi connectivity index (χ3v) is 4.45. The normalized spacial score (nSPS) is 17.2. The average molecular weight is 323 g/mol. The summed E-state index contributed by atoms with van der Waals surface area (Å²) in [5, 5.41) is 8.93. The predicted octanol–water partition coefficient (Wildman–Crippen LogP) is 2.46. The predicted molar refractivity (Wildman–Crippen MR) is 93.4 cm³/mol. The third kappa shape index (κ3) is 3.40. The number of nitriles is 1. The molecular weight excluding hydrogens is 302 g/mol. The first-order valence-electron chi connectivity index (χ1n) is 8.06. The summed E-state index contributed by atoms with van der Waals surface area (Å²) >= 11 is 0. The van der Waals surface area contributed by atoms with E-state index in [9.17, 15) is 0 Å². The number of rotatable bonds is 4. The molecule has 0 amide bonds. The number of piperidine rings is 1. The van der Waals surface area contributed by atoms with Crippen LogP contribution in [-0.4, -0.2) is 43.3 Å². The van der Waals surface area contributed by atoms with Crippen LogP contribution in [0, 0.1) is 11.3 Å². The highest BCUT2D eigenvalue weighted by molar-refractivity contribution is 5.50. The van der Waals surface area contributed by atoms with Gasteiger partial charge in [-0.1, -0.05) is 0 Å². The molecule has 0 N–H and O–H groups in total. The topological polar surface area (TPSA) is 65.3 Å². The van der Waals surface area contributed by atoms with Crippen molar-refractivity contribution in [3.8, 4) is 11.9 Å². The van der Waals surface area contributed by atoms with Crippen LogP contribution in [0.4, 0.5) is 11.6 Å². The van der Waals surface area contributed by atoms with E-state index < -0.39 is 0 Å². The van der Waals surface area contributed by atoms with Crippen molar-refractivity contribution < 1.29 is 4.74 Å². The van der Waals surface area contributed by atoms with Crippen molar-refractivity contribution in [2.45, 2.75) is 18.9 Å². The molecule has 1 saturated heterocycles. The molecule has 6 nitrogen and oxygen atoms in total. The van der Waals surface area contributed by atoms with E-state index in [0.29, 0.717) is 23.4 Å². The molecule has 0 aliphatic carbocycles. The van der Waals surface area contributed by atoms with Gasteiger partial charge >= 0.3 is 0 Å². The Morgan fingerprint density at radius 1 is 1.29 bits per heavy atom. The molecule has 2 aromatic rings. The van der Waals surface area contributed by atoms with E-state index in [0.717, 1.165) is 31.6 Å². The Morgan fingerprint density at radius 3 is 2.79 bits per heavy atom. The summed E-state index contributed by atoms with van der Waals surface area (Å²) in [7, 11) is 3.64. The fraction of sp³-hybridized carbons (Fsp3) is 0.389. The maximum atomic E-state index is 8.93. The van der Waals surface area contributed by atoms with Crippen molar-refractivity contribution in [2.75, 3.05) is 37.0 Å². The van der Waals surface area contributed by atoms with Crippen molar-refractivity contribution in [1.82, 2.24) is 9.97 Å². The molecule has 0 bridgehead atoms. The van der Waals surface area contributed by atoms with E-state index in [4.69, 9.17) is 10.00 Å². The van der Waals surface area contributed by atoms with Gasteiger partial charge in [0.15, 0.2) is 0 Å². The largest absolute Gasteiger partial charge is 0.481 e. The van der Waals surface area contributed by atoms with Gasteiger partial charge in [-0.25, -0.2) is 4.98 Å². The van der Waals surface area contributed by atoms with Gasteiger partial charge in [-0.05, 0) is 37.1 Å². The Balaban J connectivity index is 1.73. The number of nitrogens with zero attached hydrogens (tertiary/aromatic N) is 5. The summed E-state index contributed by atoms with van der Waals surface area (Å²) in [5.41, 5.74) is 1.84. The van der Waals surface area contributed by atoms with E-state index in [1.807, 2.05) is 31.3 Å². The third-order valence-electron chi connectivity index (χ3n) is 4.45. The summed E-state index contributed by atoms with van der Waals surface area (Å²) < 4.78 is 5.19. The Hall–Kier alpha value is -2.81. The maximum Gasteiger partial charge on any atom is 0.228 e. The van der Waals surface area contributed by atoms with Crippen LogP contribution in [-0.2, 0) is 0 Å². The van der Waals surface area contributed by atoms with Gasteiger partial charge in [-0.3, -0.25) is 0 Å². The highest BCUT2D eigenvalue weighted by Gasteiger charge is 2.25. The second-order valence-corrected chi connectivity index (χ2v) is 5.91. The van der Waals surface area contributed by atoms with Crippen LogP contribution in [0.5, 0.6) is 5.88 Å². The molecule has 24 heavy (non-hydrogen) atoms. The summed E-state index contributed by atoms with van der Waals surface area (Å²) in [6.07, 6.45) is 3.93. The molecule has 3 rings (SSSR count). The SMILES string of the molecule is COc1ccnc(N(C)C2CCCN(c3ccc(C#N)cc3)C2)n1. The van der Waals surface area contributed by atoms with Gasteiger partial charge in [-0.15, -0.1) is 0 Å². The quantitative estimate of drug-likeness (QED) is 0.861. The molecule has 0 saturated carbocycles. The first-order valence-corrected chi connectivity index (χ1v) is 8.06. The molecule has 2 heterocycles. The van der Waals surface area contributed by atoms with Gasteiger partial charge < -0.3 is 14.5 Å². The van der Waals surface area contributed by atoms with Crippen molar-refractivity contribution >= 4 is 11.6 Å². The number of ether oxygens (including phenoxy) is 1. The summed E-state index contributed by atoms with van der Waals surface area (Å²) in [6.45, 7) is 1.93. The van der Waals surface area contributed by atoms with Gasteiger partial charge in [0, 0.05) is 44.1 Å². The lowest BCUT2D eigenvalue weighted by molar-refractivity contribution is 0.395. The number of benzene rings is 1. The van der Waals surface area contributed by atoms with E-state index in [-0.39, 0.29) is 0 Å². The van der Waals surface area contributed by atoms with E-state index in [2.05, 4.69) is 25.8 Å². The van der Waals surface area contributed by atoms with Crippen LogP contribution in [0.2, 0.25) is 0 Å². The number of hydrogen-bond acceptors (Lipinski definition) is 6. The minimum absolute atomic E-state index is 0.335. The molecule has 6 heteroatoms. The Morgan fingerprint density at radius 2 is 2.08 bits per heavy atom. The van der Waals surface area contributed by atoms with Gasteiger partial charge in [0.2, 0.25) is 11.8 Å². The zero-order valence-corrected chi connectivity index (χ0v) is 14.0.